The van der Waals surface area contributed by atoms with Crippen LogP contribution < -0.4 is 25.2 Å². The monoisotopic (exact) mass is 962 g/mol. The second-order valence-corrected chi connectivity index (χ2v) is 22.3. The molecular weight excluding hydrogens is 898 g/mol. The van der Waals surface area contributed by atoms with Crippen molar-refractivity contribution in [3.8, 4) is 23.0 Å². The van der Waals surface area contributed by atoms with Crippen molar-refractivity contribution in [1.82, 2.24) is 45.2 Å². The Kier molecular flexibility index (Phi) is 11.2. The summed E-state index contributed by atoms with van der Waals surface area (Å²) in [4.78, 5) is 48.9. The number of amides is 2. The number of fused-ring (bicyclic) bond motifs is 5. The predicted octanol–water partition coefficient (Wildman–Crippen LogP) is 6.99. The lowest BCUT2D eigenvalue weighted by molar-refractivity contribution is -0.135. The average Bonchev–Trinajstić information content (AvgIpc) is 3.87. The number of ether oxygens (including phenoxy) is 1. The van der Waals surface area contributed by atoms with Gasteiger partial charge in [0.05, 0.1) is 23.7 Å². The molecule has 3 aromatic heterocycles. The number of pyridine rings is 1. The third kappa shape index (κ3) is 8.42. The fourth-order valence-electron chi connectivity index (χ4n) is 13.5. The number of benzene rings is 3. The number of rotatable bonds is 12. The number of imide groups is 1. The molecule has 8 heterocycles. The van der Waals surface area contributed by atoms with Crippen LogP contribution in [0.25, 0.3) is 43.8 Å². The number of phenolic OH excluding ortho intramolecular Hbond substituents is 1. The van der Waals surface area contributed by atoms with Crippen LogP contribution >= 0.6 is 0 Å². The van der Waals surface area contributed by atoms with Gasteiger partial charge in [0.15, 0.2) is 5.82 Å². The molecule has 5 aliphatic heterocycles. The van der Waals surface area contributed by atoms with Gasteiger partial charge in [0.25, 0.3) is 5.91 Å². The second kappa shape index (κ2) is 17.7. The molecule has 15 nitrogen and oxygen atoms in total. The van der Waals surface area contributed by atoms with Crippen LogP contribution in [-0.4, -0.2) is 136 Å². The van der Waals surface area contributed by atoms with Crippen molar-refractivity contribution in [2.24, 2.45) is 16.7 Å². The molecule has 7 aliphatic rings. The number of likely N-dealkylation sites (tertiary alicyclic amines) is 1. The van der Waals surface area contributed by atoms with E-state index in [1.54, 1.807) is 23.0 Å². The Morgan fingerprint density at radius 1 is 0.859 bits per heavy atom. The zero-order chi connectivity index (χ0) is 48.0. The number of aromatic hydroxyl groups is 1. The fraction of sp³-hybridized carbons (Fsp3) is 0.527. The van der Waals surface area contributed by atoms with Gasteiger partial charge in [0.1, 0.15) is 28.8 Å². The number of aromatic nitrogens is 5. The van der Waals surface area contributed by atoms with Gasteiger partial charge in [0.2, 0.25) is 5.91 Å². The number of nitrogens with zero attached hydrogens (tertiary/aromatic N) is 9. The molecule has 2 amide bonds. The van der Waals surface area contributed by atoms with Crippen LogP contribution in [0, 0.1) is 22.6 Å². The average molecular weight is 962 g/mol. The van der Waals surface area contributed by atoms with Gasteiger partial charge in [-0.3, -0.25) is 29.5 Å². The van der Waals surface area contributed by atoms with Crippen molar-refractivity contribution in [2.75, 3.05) is 81.9 Å². The minimum atomic E-state index is -0.526. The van der Waals surface area contributed by atoms with Crippen LogP contribution in [0.3, 0.4) is 0 Å². The van der Waals surface area contributed by atoms with Crippen molar-refractivity contribution in [3.05, 3.63) is 72.3 Å². The highest BCUT2D eigenvalue weighted by Gasteiger charge is 2.50. The van der Waals surface area contributed by atoms with Crippen molar-refractivity contribution < 1.29 is 23.8 Å². The summed E-state index contributed by atoms with van der Waals surface area (Å²) >= 11 is 0. The van der Waals surface area contributed by atoms with Gasteiger partial charge >= 0.3 is 6.01 Å². The van der Waals surface area contributed by atoms with E-state index in [-0.39, 0.29) is 40.2 Å². The maximum atomic E-state index is 17.2. The lowest BCUT2D eigenvalue weighted by atomic mass is 9.57. The van der Waals surface area contributed by atoms with Crippen LogP contribution in [-0.2, 0) is 16.0 Å². The van der Waals surface area contributed by atoms with Gasteiger partial charge in [-0.15, -0.1) is 0 Å². The maximum Gasteiger partial charge on any atom is 0.319 e. The first-order chi connectivity index (χ1) is 34.6. The molecule has 5 saturated heterocycles. The SMILES string of the molecule is CCc1cccc2cc(O)cc(-c3ncc4c(N5CC6CCC(C5)N6)nc(OCC5(CN6CCC7(CC6)CC(CN6CCN(c8ccc9c(cnn9C9CCC(=O)NC9=O)c8)CC6)C7)CC5)nc4c3F)c12. The molecular formula is C55H64FN11O4. The first-order valence-electron chi connectivity index (χ1n) is 26.3. The van der Waals surface area contributed by atoms with E-state index in [0.29, 0.717) is 53.7 Å². The summed E-state index contributed by atoms with van der Waals surface area (Å²) in [6.07, 6.45) is 14.7. The van der Waals surface area contributed by atoms with E-state index in [4.69, 9.17) is 19.7 Å². The summed E-state index contributed by atoms with van der Waals surface area (Å²) in [7, 11) is 0. The molecule has 13 rings (SSSR count). The fourth-order valence-corrected chi connectivity index (χ4v) is 13.5. The summed E-state index contributed by atoms with van der Waals surface area (Å²) in [5, 5.41) is 24.8. The lowest BCUT2D eigenvalue weighted by Crippen LogP contribution is -2.53. The Bertz CT molecular complexity index is 3050. The molecule has 71 heavy (non-hydrogen) atoms. The molecule has 3 unspecified atom stereocenters. The number of nitrogens with one attached hydrogen (secondary N) is 2. The third-order valence-electron chi connectivity index (χ3n) is 17.6. The minimum absolute atomic E-state index is 0.0456. The molecule has 370 valence electrons. The number of hydrogen-bond donors (Lipinski definition) is 3. The van der Waals surface area contributed by atoms with Crippen molar-refractivity contribution in [3.63, 3.8) is 0 Å². The van der Waals surface area contributed by atoms with Gasteiger partial charge in [0, 0.05) is 99.1 Å². The third-order valence-corrected chi connectivity index (χ3v) is 17.6. The summed E-state index contributed by atoms with van der Waals surface area (Å²) in [6, 6.07) is 16.2. The Labute approximate surface area is 413 Å². The molecule has 3 atom stereocenters. The van der Waals surface area contributed by atoms with E-state index in [0.717, 1.165) is 124 Å². The van der Waals surface area contributed by atoms with E-state index < -0.39 is 11.9 Å². The number of halogens is 1. The van der Waals surface area contributed by atoms with Crippen LogP contribution in [0.2, 0.25) is 0 Å². The highest BCUT2D eigenvalue weighted by molar-refractivity contribution is 6.02. The smallest absolute Gasteiger partial charge is 0.319 e. The zero-order valence-corrected chi connectivity index (χ0v) is 40.7. The normalized spacial score (nSPS) is 24.6. The number of hydrogen-bond acceptors (Lipinski definition) is 13. The zero-order valence-electron chi connectivity index (χ0n) is 40.7. The first kappa shape index (κ1) is 44.9. The number of carbonyl (C=O) groups excluding carboxylic acids is 2. The highest BCUT2D eigenvalue weighted by Crippen LogP contribution is 2.54. The minimum Gasteiger partial charge on any atom is -0.508 e. The van der Waals surface area contributed by atoms with Gasteiger partial charge in [-0.1, -0.05) is 25.1 Å². The molecule has 7 fully saturated rings. The molecule has 2 bridgehead atoms. The summed E-state index contributed by atoms with van der Waals surface area (Å²) in [5.41, 5.74) is 4.62. The molecule has 0 radical (unpaired) electrons. The van der Waals surface area contributed by atoms with Crippen molar-refractivity contribution >= 4 is 55.9 Å². The Balaban J connectivity index is 0.629. The summed E-state index contributed by atoms with van der Waals surface area (Å²) in [6.45, 7) is 12.7. The summed E-state index contributed by atoms with van der Waals surface area (Å²) < 4.78 is 25.6. The van der Waals surface area contributed by atoms with E-state index in [2.05, 4.69) is 60.5 Å². The Hall–Kier alpha value is -5.97. The number of carbonyl (C=O) groups is 2. The number of piperidine rings is 2. The lowest BCUT2D eigenvalue weighted by Gasteiger charge is -2.54. The standard InChI is InChI=1S/C55H64FN11O4/c1-2-35-4-3-5-36-23-41(68)24-42(47(35)36)49-48(56)50-43(28-57-49)51(66-30-38-6-7-39(31-66)59-38)62-53(61-50)71-33-55(12-13-55)32-64-16-14-54(15-17-64)25-34(26-54)29-63-18-20-65(21-19-63)40-8-9-44-37(22-40)27-58-67(44)45-10-11-46(69)60-52(45)70/h3-5,8-9,22-24,27-28,34,38-39,45,59,68H,2,6-7,10-21,25-26,29-33H2,1H3,(H,60,69,70). The van der Waals surface area contributed by atoms with Gasteiger partial charge in [-0.2, -0.15) is 15.1 Å². The van der Waals surface area contributed by atoms with Gasteiger partial charge in [-0.25, -0.2) is 4.39 Å². The molecule has 3 aromatic carbocycles. The molecule has 6 aromatic rings. The number of aryl methyl sites for hydroxylation is 1. The quantitative estimate of drug-likeness (QED) is 0.108. The van der Waals surface area contributed by atoms with Gasteiger partial charge < -0.3 is 29.9 Å². The molecule has 2 saturated carbocycles. The Morgan fingerprint density at radius 3 is 2.42 bits per heavy atom. The van der Waals surface area contributed by atoms with Crippen molar-refractivity contribution in [1.29, 1.82) is 0 Å². The Morgan fingerprint density at radius 2 is 1.66 bits per heavy atom. The molecule has 3 N–H and O–H groups in total. The topological polar surface area (TPSA) is 157 Å². The highest BCUT2D eigenvalue weighted by atomic mass is 19.1. The van der Waals surface area contributed by atoms with E-state index >= 15 is 4.39 Å². The second-order valence-electron chi connectivity index (χ2n) is 22.3. The van der Waals surface area contributed by atoms with Crippen molar-refractivity contribution in [2.45, 2.75) is 95.7 Å². The largest absolute Gasteiger partial charge is 0.508 e. The van der Waals surface area contributed by atoms with E-state index in [1.807, 2.05) is 24.4 Å². The van der Waals surface area contributed by atoms with Crippen LogP contribution in [0.5, 0.6) is 11.8 Å². The van der Waals surface area contributed by atoms with Crippen LogP contribution in [0.1, 0.15) is 82.7 Å². The van der Waals surface area contributed by atoms with E-state index in [9.17, 15) is 14.7 Å². The maximum absolute atomic E-state index is 17.2. The van der Waals surface area contributed by atoms with Crippen LogP contribution in [0.4, 0.5) is 15.9 Å². The summed E-state index contributed by atoms with van der Waals surface area (Å²) in [5.74, 6) is 0.489. The molecule has 1 spiro atoms. The van der Waals surface area contributed by atoms with E-state index in [1.165, 1.54) is 37.9 Å². The van der Waals surface area contributed by atoms with Crippen LogP contribution in [0.15, 0.2) is 60.9 Å². The van der Waals surface area contributed by atoms with Gasteiger partial charge in [-0.05, 0) is 135 Å². The number of anilines is 2. The molecule has 16 heteroatoms. The molecule has 2 aliphatic carbocycles. The first-order valence-corrected chi connectivity index (χ1v) is 26.3. The predicted molar refractivity (Wildman–Crippen MR) is 271 cm³/mol. The number of piperazine rings is 2. The number of phenols is 1.